The summed E-state index contributed by atoms with van der Waals surface area (Å²) in [7, 11) is 2.19. The highest BCUT2D eigenvalue weighted by Crippen LogP contribution is 2.12. The minimum Gasteiger partial charge on any atom is -0.473 e. The third kappa shape index (κ3) is 8.83. The predicted molar refractivity (Wildman–Crippen MR) is 93.4 cm³/mol. The van der Waals surface area contributed by atoms with Crippen molar-refractivity contribution in [2.24, 2.45) is 0 Å². The molecule has 0 bridgehead atoms. The summed E-state index contributed by atoms with van der Waals surface area (Å²) in [5.41, 5.74) is 2.17. The standard InChI is InChI=1S/C15H23N3O.C2H2O4/c1-13(19)16-15-6-4-14(5-7-15)12-18-9-3-8-17(2)10-11-18;3-1(4)2(5)6/h4-7H,3,8-12H2,1-2H3,(H,16,19);(H,3,4)(H,5,6). The number of carboxylic acid groups (broad SMARTS) is 2. The largest absolute Gasteiger partial charge is 0.473 e. The van der Waals surface area contributed by atoms with Gasteiger partial charge >= 0.3 is 11.9 Å². The van der Waals surface area contributed by atoms with Gasteiger partial charge < -0.3 is 20.4 Å². The number of carbonyl (C=O) groups excluding carboxylic acids is 1. The van der Waals surface area contributed by atoms with Crippen molar-refractivity contribution < 1.29 is 24.6 Å². The van der Waals surface area contributed by atoms with Crippen molar-refractivity contribution in [1.82, 2.24) is 9.80 Å². The van der Waals surface area contributed by atoms with E-state index in [9.17, 15) is 4.79 Å². The summed E-state index contributed by atoms with van der Waals surface area (Å²) in [5.74, 6) is -3.67. The Bertz CT molecular complexity index is 576. The van der Waals surface area contributed by atoms with Crippen molar-refractivity contribution >= 4 is 23.5 Å². The van der Waals surface area contributed by atoms with Crippen LogP contribution in [0.5, 0.6) is 0 Å². The van der Waals surface area contributed by atoms with E-state index in [4.69, 9.17) is 19.8 Å². The van der Waals surface area contributed by atoms with Gasteiger partial charge in [0.05, 0.1) is 0 Å². The monoisotopic (exact) mass is 351 g/mol. The summed E-state index contributed by atoms with van der Waals surface area (Å²) in [6.45, 7) is 7.15. The molecule has 0 spiro atoms. The van der Waals surface area contributed by atoms with Gasteiger partial charge in [0.1, 0.15) is 0 Å². The van der Waals surface area contributed by atoms with Crippen molar-refractivity contribution in [3.63, 3.8) is 0 Å². The normalized spacial score (nSPS) is 15.4. The summed E-state index contributed by atoms with van der Waals surface area (Å²) >= 11 is 0. The Balaban J connectivity index is 0.000000450. The molecule has 1 amide bonds. The number of carboxylic acids is 2. The van der Waals surface area contributed by atoms with Gasteiger partial charge in [-0.1, -0.05) is 12.1 Å². The van der Waals surface area contributed by atoms with E-state index in [2.05, 4.69) is 34.3 Å². The van der Waals surface area contributed by atoms with Crippen LogP contribution in [0.25, 0.3) is 0 Å². The van der Waals surface area contributed by atoms with E-state index >= 15 is 0 Å². The average Bonchev–Trinajstić information content (AvgIpc) is 2.74. The molecule has 0 radical (unpaired) electrons. The van der Waals surface area contributed by atoms with Crippen LogP contribution in [-0.4, -0.2) is 71.1 Å². The SMILES string of the molecule is CC(=O)Nc1ccc(CN2CCCN(C)CC2)cc1.O=C(O)C(=O)O. The van der Waals surface area contributed by atoms with E-state index in [1.807, 2.05) is 12.1 Å². The van der Waals surface area contributed by atoms with E-state index in [1.54, 1.807) is 0 Å². The fraction of sp³-hybridized carbons (Fsp3) is 0.471. The molecule has 8 nitrogen and oxygen atoms in total. The number of nitrogens with zero attached hydrogens (tertiary/aromatic N) is 2. The van der Waals surface area contributed by atoms with Crippen LogP contribution >= 0.6 is 0 Å². The molecule has 0 unspecified atom stereocenters. The highest BCUT2D eigenvalue weighted by molar-refractivity contribution is 6.27. The van der Waals surface area contributed by atoms with Gasteiger partial charge in [0.2, 0.25) is 5.91 Å². The maximum atomic E-state index is 11.0. The van der Waals surface area contributed by atoms with Crippen molar-refractivity contribution in [3.8, 4) is 0 Å². The average molecular weight is 351 g/mol. The molecule has 1 aromatic carbocycles. The van der Waals surface area contributed by atoms with Crippen LogP contribution in [0.1, 0.15) is 18.9 Å². The number of hydrogen-bond donors (Lipinski definition) is 3. The van der Waals surface area contributed by atoms with Crippen LogP contribution in [0.3, 0.4) is 0 Å². The highest BCUT2D eigenvalue weighted by Gasteiger charge is 2.12. The van der Waals surface area contributed by atoms with Gasteiger partial charge in [-0.25, -0.2) is 9.59 Å². The first-order valence-corrected chi connectivity index (χ1v) is 8.01. The Morgan fingerprint density at radius 3 is 2.12 bits per heavy atom. The molecule has 0 atom stereocenters. The van der Waals surface area contributed by atoms with E-state index in [0.29, 0.717) is 0 Å². The zero-order valence-electron chi connectivity index (χ0n) is 14.6. The molecule has 25 heavy (non-hydrogen) atoms. The van der Waals surface area contributed by atoms with Crippen LogP contribution in [0.4, 0.5) is 5.69 Å². The third-order valence-corrected chi connectivity index (χ3v) is 3.68. The van der Waals surface area contributed by atoms with E-state index in [0.717, 1.165) is 31.9 Å². The molecule has 1 heterocycles. The number of carbonyl (C=O) groups is 3. The van der Waals surface area contributed by atoms with Gasteiger partial charge in [-0.3, -0.25) is 9.69 Å². The molecule has 1 aliphatic heterocycles. The molecule has 1 aromatic rings. The summed E-state index contributed by atoms with van der Waals surface area (Å²) in [4.78, 5) is 34.0. The summed E-state index contributed by atoms with van der Waals surface area (Å²) in [5, 5.41) is 17.6. The second kappa shape index (κ2) is 10.4. The molecular weight excluding hydrogens is 326 g/mol. The summed E-state index contributed by atoms with van der Waals surface area (Å²) in [6, 6.07) is 8.14. The maximum absolute atomic E-state index is 11.0. The molecular formula is C17H25N3O5. The lowest BCUT2D eigenvalue weighted by atomic mass is 10.2. The summed E-state index contributed by atoms with van der Waals surface area (Å²) in [6.07, 6.45) is 1.24. The number of aliphatic carboxylic acids is 2. The number of rotatable bonds is 3. The third-order valence-electron chi connectivity index (χ3n) is 3.68. The second-order valence-electron chi connectivity index (χ2n) is 5.92. The van der Waals surface area contributed by atoms with Gasteiger partial charge in [0.25, 0.3) is 0 Å². The van der Waals surface area contributed by atoms with Gasteiger partial charge in [-0.15, -0.1) is 0 Å². The molecule has 138 valence electrons. The van der Waals surface area contributed by atoms with Gasteiger partial charge in [0, 0.05) is 32.2 Å². The van der Waals surface area contributed by atoms with Crippen LogP contribution < -0.4 is 5.32 Å². The Hall–Kier alpha value is -2.45. The lowest BCUT2D eigenvalue weighted by molar-refractivity contribution is -0.159. The molecule has 3 N–H and O–H groups in total. The van der Waals surface area contributed by atoms with Crippen LogP contribution in [0, 0.1) is 0 Å². The Kier molecular flexibility index (Phi) is 8.59. The highest BCUT2D eigenvalue weighted by atomic mass is 16.4. The number of amides is 1. The minimum absolute atomic E-state index is 0.0247. The van der Waals surface area contributed by atoms with Crippen molar-refractivity contribution in [2.75, 3.05) is 38.5 Å². The topological polar surface area (TPSA) is 110 Å². The number of nitrogens with one attached hydrogen (secondary N) is 1. The predicted octanol–water partition coefficient (Wildman–Crippen LogP) is 0.938. The minimum atomic E-state index is -1.82. The number of benzene rings is 1. The molecule has 1 saturated heterocycles. The van der Waals surface area contributed by atoms with E-state index < -0.39 is 11.9 Å². The lowest BCUT2D eigenvalue weighted by Gasteiger charge is -2.20. The number of anilines is 1. The molecule has 2 rings (SSSR count). The first-order valence-electron chi connectivity index (χ1n) is 8.01. The number of likely N-dealkylation sites (N-methyl/N-ethyl adjacent to an activating group) is 1. The molecule has 0 saturated carbocycles. The Labute approximate surface area is 147 Å². The second-order valence-corrected chi connectivity index (χ2v) is 5.92. The van der Waals surface area contributed by atoms with Crippen LogP contribution in [0.15, 0.2) is 24.3 Å². The van der Waals surface area contributed by atoms with Crippen molar-refractivity contribution in [1.29, 1.82) is 0 Å². The molecule has 0 aromatic heterocycles. The van der Waals surface area contributed by atoms with Gasteiger partial charge in [0.15, 0.2) is 0 Å². The van der Waals surface area contributed by atoms with Crippen molar-refractivity contribution in [2.45, 2.75) is 19.9 Å². The van der Waals surface area contributed by atoms with Gasteiger partial charge in [-0.05, 0) is 44.3 Å². The fourth-order valence-electron chi connectivity index (χ4n) is 2.41. The molecule has 1 aliphatic rings. The number of hydrogen-bond acceptors (Lipinski definition) is 5. The van der Waals surface area contributed by atoms with E-state index in [1.165, 1.54) is 25.5 Å². The van der Waals surface area contributed by atoms with Crippen molar-refractivity contribution in [3.05, 3.63) is 29.8 Å². The van der Waals surface area contributed by atoms with Crippen LogP contribution in [-0.2, 0) is 20.9 Å². The van der Waals surface area contributed by atoms with Crippen LogP contribution in [0.2, 0.25) is 0 Å². The van der Waals surface area contributed by atoms with Gasteiger partial charge in [-0.2, -0.15) is 0 Å². The zero-order valence-corrected chi connectivity index (χ0v) is 14.6. The first kappa shape index (κ1) is 20.6. The Morgan fingerprint density at radius 2 is 1.60 bits per heavy atom. The fourth-order valence-corrected chi connectivity index (χ4v) is 2.41. The quantitative estimate of drug-likeness (QED) is 0.695. The summed E-state index contributed by atoms with van der Waals surface area (Å²) < 4.78 is 0. The smallest absolute Gasteiger partial charge is 0.414 e. The Morgan fingerprint density at radius 1 is 1.00 bits per heavy atom. The first-order chi connectivity index (χ1) is 11.8. The molecule has 1 fully saturated rings. The zero-order chi connectivity index (χ0) is 18.8. The maximum Gasteiger partial charge on any atom is 0.414 e. The van der Waals surface area contributed by atoms with E-state index in [-0.39, 0.29) is 5.91 Å². The molecule has 8 heteroatoms. The lowest BCUT2D eigenvalue weighted by Crippen LogP contribution is -2.28. The molecule has 0 aliphatic carbocycles.